The highest BCUT2D eigenvalue weighted by molar-refractivity contribution is 9.10. The van der Waals surface area contributed by atoms with Crippen molar-refractivity contribution < 1.29 is 9.90 Å². The van der Waals surface area contributed by atoms with Crippen LogP contribution in [0.4, 0.5) is 5.69 Å². The monoisotopic (exact) mass is 513 g/mol. The summed E-state index contributed by atoms with van der Waals surface area (Å²) in [6.07, 6.45) is 0. The molecule has 0 saturated carbocycles. The Morgan fingerprint density at radius 1 is 0.941 bits per heavy atom. The van der Waals surface area contributed by atoms with E-state index in [1.54, 1.807) is 30.3 Å². The second-order valence-corrected chi connectivity index (χ2v) is 8.32. The summed E-state index contributed by atoms with van der Waals surface area (Å²) in [6.45, 7) is 0. The van der Waals surface area contributed by atoms with Gasteiger partial charge >= 0.3 is 5.91 Å². The molecular weight excluding hydrogens is 498 g/mol. The average Bonchev–Trinajstić information content (AvgIpc) is 3.17. The number of nitrogens with one attached hydrogen (secondary N) is 2. The number of hydrogen-bond acceptors (Lipinski definition) is 5. The first-order valence-electron chi connectivity index (χ1n) is 10.2. The summed E-state index contributed by atoms with van der Waals surface area (Å²) >= 11 is 3.38. The summed E-state index contributed by atoms with van der Waals surface area (Å²) < 4.78 is 0.770. The molecule has 0 aliphatic rings. The number of fused-ring (bicyclic) bond motifs is 1. The minimum Gasteiger partial charge on any atom is -0.493 e. The van der Waals surface area contributed by atoms with E-state index in [-0.39, 0.29) is 17.1 Å². The van der Waals surface area contributed by atoms with Crippen LogP contribution in [0.3, 0.4) is 0 Å². The average molecular weight is 514 g/mol. The lowest BCUT2D eigenvalue weighted by molar-refractivity contribution is 0.0994. The van der Waals surface area contributed by atoms with Crippen molar-refractivity contribution in [2.24, 2.45) is 10.2 Å². The summed E-state index contributed by atoms with van der Waals surface area (Å²) in [5.41, 5.74) is 1.99. The Morgan fingerprint density at radius 3 is 2.32 bits per heavy atom. The molecule has 5 aromatic rings. The predicted octanol–water partition coefficient (Wildman–Crippen LogP) is 5.98. The number of benzene rings is 3. The summed E-state index contributed by atoms with van der Waals surface area (Å²) in [5.74, 6) is -1.09. The molecule has 0 unspecified atom stereocenters. The normalized spacial score (nSPS) is 11.3. The summed E-state index contributed by atoms with van der Waals surface area (Å²) in [4.78, 5) is 28.9. The van der Waals surface area contributed by atoms with E-state index in [9.17, 15) is 14.7 Å². The number of rotatable bonds is 4. The van der Waals surface area contributed by atoms with Crippen LogP contribution in [0.5, 0.6) is 5.88 Å². The molecule has 0 bridgehead atoms. The van der Waals surface area contributed by atoms with Crippen molar-refractivity contribution in [1.29, 1.82) is 0 Å². The van der Waals surface area contributed by atoms with Crippen molar-refractivity contribution in [1.82, 2.24) is 15.2 Å². The van der Waals surface area contributed by atoms with Gasteiger partial charge in [0.15, 0.2) is 5.69 Å². The topological polar surface area (TPSA) is 124 Å². The van der Waals surface area contributed by atoms with Crippen molar-refractivity contribution >= 4 is 38.4 Å². The molecule has 0 fully saturated rings. The SMILES string of the molecule is O=C(N=Nc1c(O)[nH]c2ccc(Br)cc12)c1c(-c2ccccc2)c(-c2ccccc2)n[nH]c1=O. The Kier molecular flexibility index (Phi) is 5.60. The first-order valence-corrected chi connectivity index (χ1v) is 11.0. The number of aromatic amines is 2. The maximum Gasteiger partial charge on any atom is 0.301 e. The number of halogens is 1. The first-order chi connectivity index (χ1) is 16.5. The molecule has 0 aliphatic heterocycles. The highest BCUT2D eigenvalue weighted by Crippen LogP contribution is 2.37. The molecule has 5 rings (SSSR count). The maximum atomic E-state index is 13.2. The van der Waals surface area contributed by atoms with Crippen LogP contribution < -0.4 is 5.56 Å². The van der Waals surface area contributed by atoms with Gasteiger partial charge in [-0.3, -0.25) is 9.59 Å². The standard InChI is InChI=1S/C25H16BrN5O3/c26-16-11-12-18-17(13-16)22(25(34)27-18)29-31-24(33)20-19(14-7-3-1-4-8-14)21(28-30-23(20)32)15-9-5-2-6-10-15/h1-13,27,34H,(H,30,32). The fourth-order valence-electron chi connectivity index (χ4n) is 3.73. The number of carbonyl (C=O) groups is 1. The molecule has 34 heavy (non-hydrogen) atoms. The third-order valence-corrected chi connectivity index (χ3v) is 5.75. The molecule has 8 nitrogen and oxygen atoms in total. The number of aromatic nitrogens is 3. The van der Waals surface area contributed by atoms with E-state index >= 15 is 0 Å². The Labute approximate surface area is 201 Å². The minimum atomic E-state index is -0.858. The first kappa shape index (κ1) is 21.5. The largest absolute Gasteiger partial charge is 0.493 e. The number of carbonyl (C=O) groups excluding carboxylic acids is 1. The second-order valence-electron chi connectivity index (χ2n) is 7.40. The van der Waals surface area contributed by atoms with E-state index in [2.05, 4.69) is 41.3 Å². The van der Waals surface area contributed by atoms with Crippen molar-refractivity contribution in [3.63, 3.8) is 0 Å². The van der Waals surface area contributed by atoms with Crippen LogP contribution in [0.15, 0.2) is 98.4 Å². The molecule has 0 atom stereocenters. The van der Waals surface area contributed by atoms with Gasteiger partial charge in [0.05, 0.1) is 11.2 Å². The van der Waals surface area contributed by atoms with E-state index in [0.29, 0.717) is 27.7 Å². The van der Waals surface area contributed by atoms with Crippen molar-refractivity contribution in [3.05, 3.63) is 99.3 Å². The third-order valence-electron chi connectivity index (χ3n) is 5.26. The lowest BCUT2D eigenvalue weighted by Crippen LogP contribution is -2.20. The Morgan fingerprint density at radius 2 is 1.62 bits per heavy atom. The van der Waals surface area contributed by atoms with Gasteiger partial charge in [0.25, 0.3) is 5.56 Å². The van der Waals surface area contributed by atoms with Crippen molar-refractivity contribution in [3.8, 4) is 28.3 Å². The third kappa shape index (κ3) is 3.93. The van der Waals surface area contributed by atoms with E-state index in [1.807, 2.05) is 48.5 Å². The number of nitrogens with zero attached hydrogens (tertiary/aromatic N) is 3. The number of H-pyrrole nitrogens is 2. The number of azo groups is 1. The maximum absolute atomic E-state index is 13.2. The molecule has 1 amide bonds. The van der Waals surface area contributed by atoms with E-state index in [1.165, 1.54) is 0 Å². The van der Waals surface area contributed by atoms with Crippen molar-refractivity contribution in [2.45, 2.75) is 0 Å². The zero-order chi connectivity index (χ0) is 23.7. The second kappa shape index (κ2) is 8.87. The molecule has 2 heterocycles. The van der Waals surface area contributed by atoms with E-state index in [4.69, 9.17) is 0 Å². The zero-order valence-electron chi connectivity index (χ0n) is 17.5. The molecule has 166 valence electrons. The van der Waals surface area contributed by atoms with E-state index < -0.39 is 11.5 Å². The van der Waals surface area contributed by atoms with Crippen molar-refractivity contribution in [2.75, 3.05) is 0 Å². The van der Waals surface area contributed by atoms with Gasteiger partial charge in [-0.05, 0) is 23.8 Å². The Balaban J connectivity index is 1.67. The summed E-state index contributed by atoms with van der Waals surface area (Å²) in [6, 6.07) is 23.6. The molecule has 0 spiro atoms. The highest BCUT2D eigenvalue weighted by Gasteiger charge is 2.23. The van der Waals surface area contributed by atoms with Gasteiger partial charge in [0.1, 0.15) is 5.56 Å². The van der Waals surface area contributed by atoms with Crippen LogP contribution in [-0.2, 0) is 0 Å². The predicted molar refractivity (Wildman–Crippen MR) is 132 cm³/mol. The fraction of sp³-hybridized carbons (Fsp3) is 0. The van der Waals surface area contributed by atoms with Crippen LogP contribution in [0.25, 0.3) is 33.3 Å². The minimum absolute atomic E-state index is 0.0969. The molecular formula is C25H16BrN5O3. The van der Waals surface area contributed by atoms with E-state index in [0.717, 1.165) is 10.0 Å². The van der Waals surface area contributed by atoms with Gasteiger partial charge in [0.2, 0.25) is 5.88 Å². The van der Waals surface area contributed by atoms with Gasteiger partial charge < -0.3 is 10.1 Å². The Bertz CT molecular complexity index is 1610. The van der Waals surface area contributed by atoms with Gasteiger partial charge in [-0.15, -0.1) is 10.2 Å². The van der Waals surface area contributed by atoms with Crippen LogP contribution in [0.1, 0.15) is 10.4 Å². The number of aromatic hydroxyl groups is 1. The smallest absolute Gasteiger partial charge is 0.301 e. The zero-order valence-corrected chi connectivity index (χ0v) is 19.1. The van der Waals surface area contributed by atoms with Gasteiger partial charge in [-0.25, -0.2) is 5.10 Å². The van der Waals surface area contributed by atoms with Crippen LogP contribution in [0, 0.1) is 0 Å². The Hall–Kier alpha value is -4.37. The molecule has 2 aromatic heterocycles. The molecule has 0 saturated heterocycles. The molecule has 0 aliphatic carbocycles. The van der Waals surface area contributed by atoms with Crippen LogP contribution in [0.2, 0.25) is 0 Å². The molecule has 0 radical (unpaired) electrons. The molecule has 9 heteroatoms. The summed E-state index contributed by atoms with van der Waals surface area (Å²) in [7, 11) is 0. The van der Waals surface area contributed by atoms with Gasteiger partial charge in [-0.2, -0.15) is 5.10 Å². The molecule has 3 aromatic carbocycles. The number of hydrogen-bond donors (Lipinski definition) is 3. The van der Waals surface area contributed by atoms with Crippen LogP contribution >= 0.6 is 15.9 Å². The quantitative estimate of drug-likeness (QED) is 0.255. The summed E-state index contributed by atoms with van der Waals surface area (Å²) in [5, 5.41) is 25.3. The highest BCUT2D eigenvalue weighted by atomic mass is 79.9. The van der Waals surface area contributed by atoms with Crippen LogP contribution in [-0.4, -0.2) is 26.2 Å². The number of amides is 1. The fourth-order valence-corrected chi connectivity index (χ4v) is 4.09. The van der Waals surface area contributed by atoms with Gasteiger partial charge in [0, 0.05) is 21.0 Å². The molecule has 3 N–H and O–H groups in total. The van der Waals surface area contributed by atoms with Gasteiger partial charge in [-0.1, -0.05) is 76.6 Å². The lowest BCUT2D eigenvalue weighted by atomic mass is 9.95. The lowest BCUT2D eigenvalue weighted by Gasteiger charge is -2.11.